The molecule has 0 aliphatic rings. The third kappa shape index (κ3) is 5.29. The molecule has 0 unspecified atom stereocenters. The smallest absolute Gasteiger partial charge is 0.227 e. The van der Waals surface area contributed by atoms with Gasteiger partial charge < -0.3 is 9.64 Å². The van der Waals surface area contributed by atoms with Crippen LogP contribution in [0.1, 0.15) is 12.0 Å². The largest absolute Gasteiger partial charge is 0.383 e. The summed E-state index contributed by atoms with van der Waals surface area (Å²) in [6, 6.07) is 9.32. The first-order valence-corrected chi connectivity index (χ1v) is 6.44. The average Bonchev–Trinajstić information content (AvgIpc) is 2.41. The topological polar surface area (TPSA) is 53.3 Å². The van der Waals surface area contributed by atoms with Gasteiger partial charge in [0, 0.05) is 25.2 Å². The second-order valence-corrected chi connectivity index (χ2v) is 4.46. The number of rotatable bonds is 7. The van der Waals surface area contributed by atoms with E-state index in [1.807, 2.05) is 24.3 Å². The number of benzene rings is 1. The Morgan fingerprint density at radius 1 is 1.42 bits per heavy atom. The Labute approximate surface area is 118 Å². The highest BCUT2D eigenvalue weighted by Crippen LogP contribution is 2.16. The summed E-state index contributed by atoms with van der Waals surface area (Å²) in [4.78, 5) is 13.8. The van der Waals surface area contributed by atoms with Crippen molar-refractivity contribution in [3.05, 3.63) is 34.9 Å². The molecule has 0 aliphatic heterocycles. The van der Waals surface area contributed by atoms with Gasteiger partial charge in [-0.25, -0.2) is 0 Å². The van der Waals surface area contributed by atoms with Crippen molar-refractivity contribution in [1.29, 1.82) is 5.26 Å². The Morgan fingerprint density at radius 2 is 2.16 bits per heavy atom. The molecule has 0 N–H and O–H groups in total. The van der Waals surface area contributed by atoms with E-state index in [2.05, 4.69) is 0 Å². The van der Waals surface area contributed by atoms with Crippen LogP contribution in [0.15, 0.2) is 24.3 Å². The van der Waals surface area contributed by atoms with Crippen LogP contribution in [0.25, 0.3) is 0 Å². The second kappa shape index (κ2) is 8.52. The fourth-order valence-corrected chi connectivity index (χ4v) is 1.87. The first kappa shape index (κ1) is 15.5. The van der Waals surface area contributed by atoms with Gasteiger partial charge in [0.1, 0.15) is 0 Å². The number of hydrogen-bond donors (Lipinski definition) is 0. The minimum absolute atomic E-state index is 0.0413. The molecule has 19 heavy (non-hydrogen) atoms. The Morgan fingerprint density at radius 3 is 2.79 bits per heavy atom. The first-order valence-electron chi connectivity index (χ1n) is 6.06. The Hall–Kier alpha value is -1.57. The molecule has 1 aromatic carbocycles. The van der Waals surface area contributed by atoms with Crippen molar-refractivity contribution < 1.29 is 9.53 Å². The average molecular weight is 281 g/mol. The van der Waals surface area contributed by atoms with Gasteiger partial charge in [0.15, 0.2) is 0 Å². The van der Waals surface area contributed by atoms with Gasteiger partial charge in [0.25, 0.3) is 0 Å². The van der Waals surface area contributed by atoms with Crippen LogP contribution in [0.4, 0.5) is 0 Å². The molecular weight excluding hydrogens is 264 g/mol. The predicted octanol–water partition coefficient (Wildman–Crippen LogP) is 2.27. The van der Waals surface area contributed by atoms with Crippen LogP contribution in [-0.2, 0) is 16.0 Å². The molecular formula is C14H17ClN2O2. The van der Waals surface area contributed by atoms with Gasteiger partial charge >= 0.3 is 0 Å². The van der Waals surface area contributed by atoms with E-state index in [-0.39, 0.29) is 12.3 Å². The molecule has 0 heterocycles. The molecule has 0 atom stereocenters. The fourth-order valence-electron chi connectivity index (χ4n) is 1.66. The highest BCUT2D eigenvalue weighted by Gasteiger charge is 2.14. The maximum atomic E-state index is 12.2. The minimum atomic E-state index is -0.0413. The number of methoxy groups -OCH3 is 1. The zero-order chi connectivity index (χ0) is 14.1. The molecule has 0 spiro atoms. The molecule has 1 rings (SSSR count). The Balaban J connectivity index is 2.65. The quantitative estimate of drug-likeness (QED) is 0.770. The van der Waals surface area contributed by atoms with E-state index in [0.29, 0.717) is 31.1 Å². The number of carbonyl (C=O) groups is 1. The van der Waals surface area contributed by atoms with Gasteiger partial charge in [0.2, 0.25) is 5.91 Å². The van der Waals surface area contributed by atoms with E-state index in [1.165, 1.54) is 0 Å². The molecule has 0 fully saturated rings. The van der Waals surface area contributed by atoms with E-state index in [1.54, 1.807) is 18.1 Å². The number of amides is 1. The van der Waals surface area contributed by atoms with Gasteiger partial charge in [-0.3, -0.25) is 4.79 Å². The summed E-state index contributed by atoms with van der Waals surface area (Å²) in [7, 11) is 1.58. The predicted molar refractivity (Wildman–Crippen MR) is 73.8 cm³/mol. The van der Waals surface area contributed by atoms with Crippen LogP contribution in [0.5, 0.6) is 0 Å². The van der Waals surface area contributed by atoms with E-state index in [4.69, 9.17) is 21.6 Å². The summed E-state index contributed by atoms with van der Waals surface area (Å²) in [6.45, 7) is 1.37. The molecule has 0 radical (unpaired) electrons. The standard InChI is InChI=1S/C14H17ClN2O2/c1-19-10-9-17(8-4-7-16)14(18)11-12-5-2-3-6-13(12)15/h2-3,5-6H,4,8-11H2,1H3. The van der Waals surface area contributed by atoms with Gasteiger partial charge in [-0.2, -0.15) is 5.26 Å². The molecule has 0 bridgehead atoms. The fraction of sp³-hybridized carbons (Fsp3) is 0.429. The molecule has 0 saturated heterocycles. The van der Waals surface area contributed by atoms with Crippen LogP contribution in [0, 0.1) is 11.3 Å². The van der Waals surface area contributed by atoms with Crippen molar-refractivity contribution in [2.24, 2.45) is 0 Å². The van der Waals surface area contributed by atoms with Crippen LogP contribution < -0.4 is 0 Å². The summed E-state index contributed by atoms with van der Waals surface area (Å²) >= 11 is 6.03. The molecule has 102 valence electrons. The number of ether oxygens (including phenoxy) is 1. The lowest BCUT2D eigenvalue weighted by atomic mass is 10.1. The molecule has 4 nitrogen and oxygen atoms in total. The number of nitrogens with zero attached hydrogens (tertiary/aromatic N) is 2. The Kier molecular flexibility index (Phi) is 6.94. The zero-order valence-electron chi connectivity index (χ0n) is 10.9. The van der Waals surface area contributed by atoms with E-state index in [9.17, 15) is 4.79 Å². The van der Waals surface area contributed by atoms with E-state index < -0.39 is 0 Å². The molecule has 1 aromatic rings. The minimum Gasteiger partial charge on any atom is -0.383 e. The van der Waals surface area contributed by atoms with Crippen LogP contribution in [-0.4, -0.2) is 37.6 Å². The second-order valence-electron chi connectivity index (χ2n) is 4.05. The first-order chi connectivity index (χ1) is 9.19. The molecule has 0 aliphatic carbocycles. The summed E-state index contributed by atoms with van der Waals surface area (Å²) in [6.07, 6.45) is 0.562. The van der Waals surface area contributed by atoms with Gasteiger partial charge in [0.05, 0.1) is 25.5 Å². The van der Waals surface area contributed by atoms with Gasteiger partial charge in [-0.05, 0) is 11.6 Å². The third-order valence-electron chi connectivity index (χ3n) is 2.71. The molecule has 0 saturated carbocycles. The highest BCUT2D eigenvalue weighted by atomic mass is 35.5. The van der Waals surface area contributed by atoms with Crippen molar-refractivity contribution >= 4 is 17.5 Å². The lowest BCUT2D eigenvalue weighted by molar-refractivity contribution is -0.131. The summed E-state index contributed by atoms with van der Waals surface area (Å²) < 4.78 is 4.97. The van der Waals surface area contributed by atoms with Crippen LogP contribution in [0.3, 0.4) is 0 Å². The van der Waals surface area contributed by atoms with Gasteiger partial charge in [-0.1, -0.05) is 29.8 Å². The highest BCUT2D eigenvalue weighted by molar-refractivity contribution is 6.31. The van der Waals surface area contributed by atoms with Gasteiger partial charge in [-0.15, -0.1) is 0 Å². The lowest BCUT2D eigenvalue weighted by Crippen LogP contribution is -2.35. The summed E-state index contributed by atoms with van der Waals surface area (Å²) in [5.41, 5.74) is 0.800. The Bertz CT molecular complexity index is 457. The monoisotopic (exact) mass is 280 g/mol. The van der Waals surface area contributed by atoms with Crippen molar-refractivity contribution in [1.82, 2.24) is 4.90 Å². The summed E-state index contributed by atoms with van der Waals surface area (Å²) in [5, 5.41) is 9.20. The molecule has 5 heteroatoms. The number of hydrogen-bond acceptors (Lipinski definition) is 3. The maximum Gasteiger partial charge on any atom is 0.227 e. The zero-order valence-corrected chi connectivity index (χ0v) is 11.7. The van der Waals surface area contributed by atoms with Crippen molar-refractivity contribution in [3.63, 3.8) is 0 Å². The van der Waals surface area contributed by atoms with Crippen molar-refractivity contribution in [3.8, 4) is 6.07 Å². The summed E-state index contributed by atoms with van der Waals surface area (Å²) in [5.74, 6) is -0.0413. The SMILES string of the molecule is COCCN(CCC#N)C(=O)Cc1ccccc1Cl. The van der Waals surface area contributed by atoms with Crippen LogP contribution >= 0.6 is 11.6 Å². The van der Waals surface area contributed by atoms with E-state index in [0.717, 1.165) is 5.56 Å². The molecule has 1 amide bonds. The number of carbonyl (C=O) groups excluding carboxylic acids is 1. The number of halogens is 1. The van der Waals surface area contributed by atoms with Crippen molar-refractivity contribution in [2.75, 3.05) is 26.8 Å². The van der Waals surface area contributed by atoms with Crippen molar-refractivity contribution in [2.45, 2.75) is 12.8 Å². The normalized spacial score (nSPS) is 9.95. The van der Waals surface area contributed by atoms with E-state index >= 15 is 0 Å². The lowest BCUT2D eigenvalue weighted by Gasteiger charge is -2.21. The van der Waals surface area contributed by atoms with Crippen LogP contribution in [0.2, 0.25) is 5.02 Å². The third-order valence-corrected chi connectivity index (χ3v) is 3.08. The number of nitriles is 1. The molecule has 0 aromatic heterocycles. The maximum absolute atomic E-state index is 12.2.